The third-order valence-corrected chi connectivity index (χ3v) is 4.65. The molecule has 2 aliphatic rings. The minimum Gasteiger partial charge on any atom is -0.381 e. The van der Waals surface area contributed by atoms with E-state index in [1.54, 1.807) is 0 Å². The quantitative estimate of drug-likeness (QED) is 0.786. The van der Waals surface area contributed by atoms with Gasteiger partial charge in [0.15, 0.2) is 0 Å². The third kappa shape index (κ3) is 3.94. The molecular weight excluding hydrogens is 224 g/mol. The van der Waals surface area contributed by atoms with Gasteiger partial charge in [-0.25, -0.2) is 0 Å². The van der Waals surface area contributed by atoms with Crippen LogP contribution in [0.5, 0.6) is 0 Å². The summed E-state index contributed by atoms with van der Waals surface area (Å²) in [4.78, 5) is 2.56. The van der Waals surface area contributed by atoms with Crippen molar-refractivity contribution < 1.29 is 4.74 Å². The molecule has 0 aromatic carbocycles. The molecule has 1 N–H and O–H groups in total. The van der Waals surface area contributed by atoms with Crippen LogP contribution in [0.2, 0.25) is 0 Å². The number of nitrogens with one attached hydrogen (secondary N) is 1. The maximum Gasteiger partial charge on any atom is 0.0506 e. The van der Waals surface area contributed by atoms with Gasteiger partial charge in [-0.3, -0.25) is 0 Å². The summed E-state index contributed by atoms with van der Waals surface area (Å²) in [5.74, 6) is 0.761. The number of rotatable bonds is 6. The Hall–Kier alpha value is -0.120. The van der Waals surface area contributed by atoms with Crippen LogP contribution in [0.25, 0.3) is 0 Å². The van der Waals surface area contributed by atoms with Crippen molar-refractivity contribution in [2.24, 2.45) is 11.3 Å². The van der Waals surface area contributed by atoms with Gasteiger partial charge < -0.3 is 15.0 Å². The zero-order valence-corrected chi connectivity index (χ0v) is 12.2. The first kappa shape index (κ1) is 14.3. The van der Waals surface area contributed by atoms with Crippen molar-refractivity contribution in [1.29, 1.82) is 0 Å². The van der Waals surface area contributed by atoms with E-state index in [0.717, 1.165) is 19.1 Å². The fourth-order valence-corrected chi connectivity index (χ4v) is 3.92. The Morgan fingerprint density at radius 1 is 1.28 bits per heavy atom. The molecule has 1 heterocycles. The normalized spacial score (nSPS) is 27.8. The molecule has 2 fully saturated rings. The van der Waals surface area contributed by atoms with Gasteiger partial charge in [-0.1, -0.05) is 12.8 Å². The van der Waals surface area contributed by atoms with Gasteiger partial charge in [-0.2, -0.15) is 0 Å². The molecule has 106 valence electrons. The van der Waals surface area contributed by atoms with Crippen LogP contribution in [0, 0.1) is 11.3 Å². The van der Waals surface area contributed by atoms with Gasteiger partial charge in [0.25, 0.3) is 0 Å². The summed E-state index contributed by atoms with van der Waals surface area (Å²) in [6.45, 7) is 5.60. The molecular formula is C15H30N2O. The number of hydrogen-bond donors (Lipinski definition) is 1. The predicted octanol–water partition coefficient (Wildman–Crippen LogP) is 2.12. The minimum absolute atomic E-state index is 0.541. The van der Waals surface area contributed by atoms with E-state index in [9.17, 15) is 0 Å². The highest BCUT2D eigenvalue weighted by atomic mass is 16.5. The maximum absolute atomic E-state index is 5.59. The summed E-state index contributed by atoms with van der Waals surface area (Å²) in [6.07, 6.45) is 8.24. The topological polar surface area (TPSA) is 24.5 Å². The van der Waals surface area contributed by atoms with Gasteiger partial charge in [-0.15, -0.1) is 0 Å². The predicted molar refractivity (Wildman–Crippen MR) is 75.9 cm³/mol. The molecule has 2 rings (SSSR count). The Labute approximate surface area is 112 Å². The summed E-state index contributed by atoms with van der Waals surface area (Å²) < 4.78 is 5.59. The van der Waals surface area contributed by atoms with Crippen molar-refractivity contribution in [3.63, 3.8) is 0 Å². The molecule has 0 radical (unpaired) electrons. The highest BCUT2D eigenvalue weighted by molar-refractivity contribution is 4.89. The van der Waals surface area contributed by atoms with Crippen molar-refractivity contribution >= 4 is 0 Å². The largest absolute Gasteiger partial charge is 0.381 e. The standard InChI is InChI=1S/C15H30N2O/c1-16-12-15(7-3-4-8-15)13-17(2)10-14-6-5-9-18-11-14/h14,16H,3-13H2,1-2H3. The van der Waals surface area contributed by atoms with E-state index in [4.69, 9.17) is 4.74 Å². The first-order valence-corrected chi connectivity index (χ1v) is 7.65. The Bertz CT molecular complexity index is 233. The first-order chi connectivity index (χ1) is 8.74. The second-order valence-corrected chi connectivity index (χ2v) is 6.52. The third-order valence-electron chi connectivity index (χ3n) is 4.65. The zero-order valence-electron chi connectivity index (χ0n) is 12.2. The highest BCUT2D eigenvalue weighted by Gasteiger charge is 2.34. The summed E-state index contributed by atoms with van der Waals surface area (Å²) in [5, 5.41) is 3.41. The average Bonchev–Trinajstić information content (AvgIpc) is 2.79. The molecule has 1 atom stereocenters. The monoisotopic (exact) mass is 254 g/mol. The maximum atomic E-state index is 5.59. The van der Waals surface area contributed by atoms with Gasteiger partial charge in [0, 0.05) is 26.2 Å². The molecule has 3 nitrogen and oxygen atoms in total. The summed E-state index contributed by atoms with van der Waals surface area (Å²) in [6, 6.07) is 0. The summed E-state index contributed by atoms with van der Waals surface area (Å²) >= 11 is 0. The van der Waals surface area contributed by atoms with Crippen molar-refractivity contribution in [1.82, 2.24) is 10.2 Å². The molecule has 1 aliphatic carbocycles. The van der Waals surface area contributed by atoms with Crippen molar-refractivity contribution in [3.05, 3.63) is 0 Å². The van der Waals surface area contributed by atoms with Gasteiger partial charge in [0.2, 0.25) is 0 Å². The van der Waals surface area contributed by atoms with Gasteiger partial charge in [0.05, 0.1) is 6.61 Å². The molecule has 0 aromatic rings. The fraction of sp³-hybridized carbons (Fsp3) is 1.00. The second kappa shape index (κ2) is 6.88. The van der Waals surface area contributed by atoms with Crippen LogP contribution in [-0.4, -0.2) is 51.8 Å². The highest BCUT2D eigenvalue weighted by Crippen LogP contribution is 2.38. The van der Waals surface area contributed by atoms with E-state index < -0.39 is 0 Å². The number of ether oxygens (including phenoxy) is 1. The van der Waals surface area contributed by atoms with Crippen LogP contribution in [0.1, 0.15) is 38.5 Å². The Balaban J connectivity index is 1.78. The van der Waals surface area contributed by atoms with Crippen LogP contribution in [0.4, 0.5) is 0 Å². The molecule has 0 amide bonds. The van der Waals surface area contributed by atoms with Crippen LogP contribution in [-0.2, 0) is 4.74 Å². The molecule has 18 heavy (non-hydrogen) atoms. The van der Waals surface area contributed by atoms with Gasteiger partial charge in [0.1, 0.15) is 0 Å². The molecule has 1 saturated carbocycles. The second-order valence-electron chi connectivity index (χ2n) is 6.52. The molecule has 1 aliphatic heterocycles. The van der Waals surface area contributed by atoms with E-state index in [0.29, 0.717) is 5.41 Å². The lowest BCUT2D eigenvalue weighted by atomic mass is 9.85. The van der Waals surface area contributed by atoms with Gasteiger partial charge >= 0.3 is 0 Å². The lowest BCUT2D eigenvalue weighted by Gasteiger charge is -2.35. The summed E-state index contributed by atoms with van der Waals surface area (Å²) in [5.41, 5.74) is 0.541. The SMILES string of the molecule is CNCC1(CN(C)CC2CCCOC2)CCCC1. The lowest BCUT2D eigenvalue weighted by molar-refractivity contribution is 0.0357. The van der Waals surface area contributed by atoms with E-state index in [2.05, 4.69) is 24.3 Å². The van der Waals surface area contributed by atoms with Crippen LogP contribution in [0.3, 0.4) is 0 Å². The molecule has 0 bridgehead atoms. The van der Waals surface area contributed by atoms with E-state index in [1.807, 2.05) is 0 Å². The zero-order chi connectivity index (χ0) is 12.8. The van der Waals surface area contributed by atoms with Crippen molar-refractivity contribution in [3.8, 4) is 0 Å². The minimum atomic E-state index is 0.541. The smallest absolute Gasteiger partial charge is 0.0506 e. The molecule has 0 spiro atoms. The van der Waals surface area contributed by atoms with Crippen LogP contribution < -0.4 is 5.32 Å². The number of nitrogens with zero attached hydrogens (tertiary/aromatic N) is 1. The lowest BCUT2D eigenvalue weighted by Crippen LogP contribution is -2.42. The van der Waals surface area contributed by atoms with Crippen molar-refractivity contribution in [2.75, 3.05) is 46.9 Å². The van der Waals surface area contributed by atoms with Crippen LogP contribution >= 0.6 is 0 Å². The van der Waals surface area contributed by atoms with Crippen molar-refractivity contribution in [2.45, 2.75) is 38.5 Å². The summed E-state index contributed by atoms with van der Waals surface area (Å²) in [7, 11) is 4.39. The average molecular weight is 254 g/mol. The molecule has 1 saturated heterocycles. The Kier molecular flexibility index (Phi) is 5.46. The Morgan fingerprint density at radius 3 is 2.67 bits per heavy atom. The van der Waals surface area contributed by atoms with E-state index in [-0.39, 0.29) is 0 Å². The molecule has 0 aromatic heterocycles. The van der Waals surface area contributed by atoms with Crippen LogP contribution in [0.15, 0.2) is 0 Å². The number of hydrogen-bond acceptors (Lipinski definition) is 3. The van der Waals surface area contributed by atoms with E-state index in [1.165, 1.54) is 58.2 Å². The molecule has 1 unspecified atom stereocenters. The molecule has 3 heteroatoms. The first-order valence-electron chi connectivity index (χ1n) is 7.65. The van der Waals surface area contributed by atoms with Gasteiger partial charge in [-0.05, 0) is 51.1 Å². The Morgan fingerprint density at radius 2 is 2.06 bits per heavy atom. The fourth-order valence-electron chi connectivity index (χ4n) is 3.92. The van der Waals surface area contributed by atoms with E-state index >= 15 is 0 Å².